The first-order chi connectivity index (χ1) is 9.49. The minimum absolute atomic E-state index is 0.131. The fourth-order valence-electron chi connectivity index (χ4n) is 2.08. The highest BCUT2D eigenvalue weighted by Crippen LogP contribution is 2.21. The second kappa shape index (κ2) is 5.66. The number of hydrogen-bond donors (Lipinski definition) is 0. The largest absolute Gasteiger partial charge is 0.331 e. The van der Waals surface area contributed by atoms with Gasteiger partial charge in [-0.2, -0.15) is 5.10 Å². The Hall–Kier alpha value is -1.82. The molecule has 6 nitrogen and oxygen atoms in total. The zero-order valence-electron chi connectivity index (χ0n) is 11.8. The van der Waals surface area contributed by atoms with Crippen LogP contribution in [-0.2, 0) is 26.6 Å². The van der Waals surface area contributed by atoms with E-state index in [1.165, 1.54) is 16.8 Å². The van der Waals surface area contributed by atoms with Gasteiger partial charge in [0.05, 0.1) is 23.0 Å². The van der Waals surface area contributed by atoms with E-state index in [0.29, 0.717) is 23.7 Å². The fraction of sp³-hybridized carbons (Fsp3) is 0.462. The summed E-state index contributed by atoms with van der Waals surface area (Å²) in [6, 6.07) is 1.36. The van der Waals surface area contributed by atoms with E-state index in [0.717, 1.165) is 10.3 Å². The van der Waals surface area contributed by atoms with Crippen molar-refractivity contribution in [2.75, 3.05) is 0 Å². The van der Waals surface area contributed by atoms with Gasteiger partial charge < -0.3 is 4.57 Å². The van der Waals surface area contributed by atoms with Gasteiger partial charge in [0, 0.05) is 25.9 Å². The van der Waals surface area contributed by atoms with Crippen molar-refractivity contribution in [2.24, 2.45) is 7.05 Å². The monoisotopic (exact) mass is 296 g/mol. The smallest absolute Gasteiger partial charge is 0.303 e. The van der Waals surface area contributed by atoms with Crippen LogP contribution in [0.25, 0.3) is 0 Å². The lowest BCUT2D eigenvalue weighted by Gasteiger charge is -2.08. The predicted molar refractivity (Wildman–Crippen MR) is 77.3 cm³/mol. The molecule has 2 rings (SSSR count). The zero-order chi connectivity index (χ0) is 14.9. The van der Waals surface area contributed by atoms with Crippen LogP contribution in [0.3, 0.4) is 0 Å². The van der Waals surface area contributed by atoms with E-state index in [9.17, 15) is 9.59 Å². The molecule has 0 fully saturated rings. The minimum atomic E-state index is -0.365. The molecule has 0 saturated carbocycles. The van der Waals surface area contributed by atoms with Crippen LogP contribution in [0.4, 0.5) is 0 Å². The molecule has 0 unspecified atom stereocenters. The molecule has 0 aliphatic rings. The van der Waals surface area contributed by atoms with Crippen molar-refractivity contribution in [1.29, 1.82) is 0 Å². The van der Waals surface area contributed by atoms with Crippen molar-refractivity contribution in [3.05, 3.63) is 49.5 Å². The van der Waals surface area contributed by atoms with E-state index in [1.54, 1.807) is 11.7 Å². The molecule has 0 saturated heterocycles. The zero-order valence-corrected chi connectivity index (χ0v) is 12.5. The summed E-state index contributed by atoms with van der Waals surface area (Å²) in [4.78, 5) is 23.9. The summed E-state index contributed by atoms with van der Waals surface area (Å²) < 4.78 is 4.26. The Morgan fingerprint density at radius 3 is 2.60 bits per heavy atom. The third-order valence-corrected chi connectivity index (χ3v) is 3.68. The van der Waals surface area contributed by atoms with Gasteiger partial charge in [-0.15, -0.1) is 0 Å². The molecule has 0 radical (unpaired) electrons. The topological polar surface area (TPSA) is 61.8 Å². The van der Waals surface area contributed by atoms with Gasteiger partial charge in [-0.3, -0.25) is 14.0 Å². The molecule has 0 aliphatic carbocycles. The second-order valence-electron chi connectivity index (χ2n) is 4.51. The number of aryl methyl sites for hydroxylation is 3. The Labute approximate surface area is 121 Å². The van der Waals surface area contributed by atoms with Crippen molar-refractivity contribution in [3.63, 3.8) is 0 Å². The Morgan fingerprint density at radius 2 is 2.00 bits per heavy atom. The second-order valence-corrected chi connectivity index (χ2v) is 4.89. The number of aromatic nitrogens is 4. The summed E-state index contributed by atoms with van der Waals surface area (Å²) in [5.74, 6) is 0. The van der Waals surface area contributed by atoms with Crippen LogP contribution in [0.2, 0.25) is 5.02 Å². The van der Waals surface area contributed by atoms with Crippen LogP contribution in [0.15, 0.2) is 21.9 Å². The average Bonchev–Trinajstić information content (AvgIpc) is 2.75. The number of halogens is 1. The van der Waals surface area contributed by atoms with Crippen molar-refractivity contribution in [2.45, 2.75) is 33.4 Å². The molecule has 20 heavy (non-hydrogen) atoms. The third-order valence-electron chi connectivity index (χ3n) is 3.24. The number of hydrogen-bond acceptors (Lipinski definition) is 3. The summed E-state index contributed by atoms with van der Waals surface area (Å²) in [6.45, 7) is 4.67. The lowest BCUT2D eigenvalue weighted by Crippen LogP contribution is -2.38. The molecule has 2 aromatic heterocycles. The number of nitrogens with zero attached hydrogens (tertiary/aromatic N) is 4. The summed E-state index contributed by atoms with van der Waals surface area (Å²) >= 11 is 6.30. The van der Waals surface area contributed by atoms with E-state index in [-0.39, 0.29) is 17.8 Å². The molecule has 0 amide bonds. The molecular formula is C13H17ClN4O2. The van der Waals surface area contributed by atoms with Gasteiger partial charge in [0.1, 0.15) is 0 Å². The van der Waals surface area contributed by atoms with Gasteiger partial charge in [0.15, 0.2) is 0 Å². The highest BCUT2D eigenvalue weighted by molar-refractivity contribution is 6.31. The van der Waals surface area contributed by atoms with E-state index >= 15 is 0 Å². The van der Waals surface area contributed by atoms with E-state index in [1.807, 2.05) is 13.8 Å². The molecule has 0 spiro atoms. The maximum Gasteiger partial charge on any atom is 0.331 e. The molecule has 2 aromatic rings. The van der Waals surface area contributed by atoms with Crippen molar-refractivity contribution in [1.82, 2.24) is 18.9 Å². The summed E-state index contributed by atoms with van der Waals surface area (Å²) in [7, 11) is 1.61. The minimum Gasteiger partial charge on any atom is -0.303 e. The van der Waals surface area contributed by atoms with Crippen LogP contribution in [0.5, 0.6) is 0 Å². The Balaban J connectivity index is 2.56. The van der Waals surface area contributed by atoms with Crippen molar-refractivity contribution < 1.29 is 0 Å². The van der Waals surface area contributed by atoms with Gasteiger partial charge >= 0.3 is 5.69 Å². The molecule has 0 N–H and O–H groups in total. The summed E-state index contributed by atoms with van der Waals surface area (Å²) in [5.41, 5.74) is 0.766. The average molecular weight is 297 g/mol. The maximum atomic E-state index is 12.0. The van der Waals surface area contributed by atoms with Gasteiger partial charge in [0.25, 0.3) is 5.56 Å². The highest BCUT2D eigenvalue weighted by Gasteiger charge is 2.16. The normalized spacial score (nSPS) is 11.0. The molecule has 0 aliphatic heterocycles. The standard InChI is InChI=1S/C13H17ClN4O2/c1-4-9-12(14)10(18(5-2)15-9)8-17-11(19)6-7-16(3)13(17)20/h6-7H,4-5,8H2,1-3H3. The molecule has 0 bridgehead atoms. The van der Waals surface area contributed by atoms with Crippen LogP contribution < -0.4 is 11.2 Å². The van der Waals surface area contributed by atoms with Gasteiger partial charge in [-0.25, -0.2) is 4.79 Å². The first-order valence-electron chi connectivity index (χ1n) is 6.50. The number of rotatable bonds is 4. The van der Waals surface area contributed by atoms with Crippen molar-refractivity contribution in [3.8, 4) is 0 Å². The maximum absolute atomic E-state index is 12.0. The molecule has 7 heteroatoms. The van der Waals surface area contributed by atoms with Crippen LogP contribution in [0, 0.1) is 0 Å². The van der Waals surface area contributed by atoms with E-state index < -0.39 is 0 Å². The Kier molecular flexibility index (Phi) is 4.13. The molecule has 108 valence electrons. The third kappa shape index (κ3) is 2.43. The Morgan fingerprint density at radius 1 is 1.30 bits per heavy atom. The first-order valence-corrected chi connectivity index (χ1v) is 6.87. The first kappa shape index (κ1) is 14.6. The Bertz CT molecular complexity index is 742. The lowest BCUT2D eigenvalue weighted by atomic mass is 10.3. The molecular weight excluding hydrogens is 280 g/mol. The lowest BCUT2D eigenvalue weighted by molar-refractivity contribution is 0.566. The SMILES string of the molecule is CCc1nn(CC)c(Cn2c(=O)ccn(C)c2=O)c1Cl. The molecule has 0 atom stereocenters. The summed E-state index contributed by atoms with van der Waals surface area (Å²) in [5, 5.41) is 4.92. The van der Waals surface area contributed by atoms with Crippen LogP contribution in [0.1, 0.15) is 25.2 Å². The molecule has 0 aromatic carbocycles. The van der Waals surface area contributed by atoms with E-state index in [2.05, 4.69) is 5.10 Å². The van der Waals surface area contributed by atoms with Gasteiger partial charge in [-0.05, 0) is 13.3 Å². The summed E-state index contributed by atoms with van der Waals surface area (Å²) in [6.07, 6.45) is 2.16. The quantitative estimate of drug-likeness (QED) is 0.846. The van der Waals surface area contributed by atoms with Crippen LogP contribution >= 0.6 is 11.6 Å². The van der Waals surface area contributed by atoms with Crippen molar-refractivity contribution >= 4 is 11.6 Å². The van der Waals surface area contributed by atoms with E-state index in [4.69, 9.17) is 11.6 Å². The van der Waals surface area contributed by atoms with Gasteiger partial charge in [-0.1, -0.05) is 18.5 Å². The highest BCUT2D eigenvalue weighted by atomic mass is 35.5. The predicted octanol–water partition coefficient (Wildman–Crippen LogP) is 1.03. The van der Waals surface area contributed by atoms with Crippen LogP contribution in [-0.4, -0.2) is 18.9 Å². The fourth-order valence-corrected chi connectivity index (χ4v) is 2.41. The van der Waals surface area contributed by atoms with Gasteiger partial charge in [0.2, 0.25) is 0 Å². The molecule has 2 heterocycles.